The molecule has 2 aromatic heterocycles. The fourth-order valence-corrected chi connectivity index (χ4v) is 4.40. The van der Waals surface area contributed by atoms with Crippen LogP contribution in [-0.4, -0.2) is 6.61 Å². The Kier molecular flexibility index (Phi) is 9.07. The maximum atomic E-state index is 5.95. The lowest BCUT2D eigenvalue weighted by Gasteiger charge is -2.07. The van der Waals surface area contributed by atoms with Crippen LogP contribution in [0, 0.1) is 0 Å². The van der Waals surface area contributed by atoms with Gasteiger partial charge in [0.1, 0.15) is 19.3 Å². The van der Waals surface area contributed by atoms with Gasteiger partial charge >= 0.3 is 0 Å². The van der Waals surface area contributed by atoms with E-state index in [4.69, 9.17) is 4.74 Å². The van der Waals surface area contributed by atoms with E-state index in [2.05, 4.69) is 101 Å². The molecule has 3 heteroatoms. The molecule has 0 aliphatic heterocycles. The highest BCUT2D eigenvalue weighted by Gasteiger charge is 2.04. The predicted octanol–water partition coefficient (Wildman–Crippen LogP) is 6.82. The number of pyridine rings is 2. The summed E-state index contributed by atoms with van der Waals surface area (Å²) in [6.07, 6.45) is 18.9. The van der Waals surface area contributed by atoms with Crippen molar-refractivity contribution >= 4 is 10.8 Å². The zero-order chi connectivity index (χ0) is 23.4. The van der Waals surface area contributed by atoms with Crippen LogP contribution in [0.5, 0.6) is 5.75 Å². The van der Waals surface area contributed by atoms with Crippen LogP contribution in [0.15, 0.2) is 91.5 Å². The number of aryl methyl sites for hydroxylation is 2. The molecular weight excluding hydrogens is 416 g/mol. The number of ether oxygens (including phenoxy) is 1. The molecule has 0 bridgehead atoms. The summed E-state index contributed by atoms with van der Waals surface area (Å²) in [5.74, 6) is 0.987. The molecule has 176 valence electrons. The van der Waals surface area contributed by atoms with Crippen molar-refractivity contribution in [2.24, 2.45) is 7.05 Å². The minimum Gasteiger partial charge on any atom is -0.494 e. The normalized spacial score (nSPS) is 11.1. The van der Waals surface area contributed by atoms with Crippen molar-refractivity contribution in [3.63, 3.8) is 0 Å². The molecule has 34 heavy (non-hydrogen) atoms. The summed E-state index contributed by atoms with van der Waals surface area (Å²) in [6, 6.07) is 23.6. The lowest BCUT2D eigenvalue weighted by molar-refractivity contribution is -0.697. The molecule has 4 aromatic rings. The Morgan fingerprint density at radius 2 is 1.18 bits per heavy atom. The van der Waals surface area contributed by atoms with E-state index >= 15 is 0 Å². The second-order valence-corrected chi connectivity index (χ2v) is 9.26. The largest absolute Gasteiger partial charge is 0.494 e. The second-order valence-electron chi connectivity index (χ2n) is 9.26. The van der Waals surface area contributed by atoms with Gasteiger partial charge in [-0.05, 0) is 46.9 Å². The second kappa shape index (κ2) is 12.9. The Morgan fingerprint density at radius 1 is 0.588 bits per heavy atom. The number of hydrogen-bond acceptors (Lipinski definition) is 1. The number of hydrogen-bond donors (Lipinski definition) is 0. The van der Waals surface area contributed by atoms with Crippen LogP contribution < -0.4 is 13.9 Å². The van der Waals surface area contributed by atoms with Crippen LogP contribution in [0.3, 0.4) is 0 Å². The summed E-state index contributed by atoms with van der Waals surface area (Å²) < 4.78 is 10.3. The van der Waals surface area contributed by atoms with Crippen LogP contribution in [0.25, 0.3) is 21.9 Å². The summed E-state index contributed by atoms with van der Waals surface area (Å²) in [7, 11) is 2.05. The molecule has 0 N–H and O–H groups in total. The van der Waals surface area contributed by atoms with Gasteiger partial charge in [0.05, 0.1) is 6.61 Å². The lowest BCUT2D eigenvalue weighted by atomic mass is 10.1. The molecule has 0 aliphatic carbocycles. The number of unbranched alkanes of at least 4 members (excludes halogenated alkanes) is 7. The molecule has 2 aromatic carbocycles. The third-order valence-corrected chi connectivity index (χ3v) is 6.50. The topological polar surface area (TPSA) is 17.0 Å². The summed E-state index contributed by atoms with van der Waals surface area (Å²) >= 11 is 0. The van der Waals surface area contributed by atoms with Gasteiger partial charge in [0.15, 0.2) is 24.8 Å². The minimum atomic E-state index is 0.817. The van der Waals surface area contributed by atoms with Crippen molar-refractivity contribution in [2.75, 3.05) is 6.61 Å². The first-order chi connectivity index (χ1) is 16.8. The summed E-state index contributed by atoms with van der Waals surface area (Å²) in [6.45, 7) is 1.92. The number of aromatic nitrogens is 2. The molecule has 2 heterocycles. The van der Waals surface area contributed by atoms with E-state index in [-0.39, 0.29) is 0 Å². The Balaban J connectivity index is 1.01. The van der Waals surface area contributed by atoms with Gasteiger partial charge in [0.2, 0.25) is 0 Å². The monoisotopic (exact) mass is 454 g/mol. The molecule has 0 atom stereocenters. The molecule has 0 amide bonds. The maximum Gasteiger partial charge on any atom is 0.169 e. The third-order valence-electron chi connectivity index (χ3n) is 6.50. The first-order valence-electron chi connectivity index (χ1n) is 12.8. The molecule has 0 saturated carbocycles. The molecule has 0 spiro atoms. The smallest absolute Gasteiger partial charge is 0.169 e. The molecule has 4 rings (SSSR count). The van der Waals surface area contributed by atoms with Gasteiger partial charge in [0, 0.05) is 30.7 Å². The van der Waals surface area contributed by atoms with E-state index in [1.165, 1.54) is 66.8 Å². The van der Waals surface area contributed by atoms with Crippen LogP contribution in [0.2, 0.25) is 0 Å². The standard InChI is InChI=1S/C31H38N2O/c1-32-21-16-28(17-22-32)29-18-23-33(24-19-29)20-10-6-4-2-3-5-7-11-25-34-31-15-14-27-12-8-9-13-30(27)26-31/h8-9,12-19,21-24,26H,2-7,10-11,20,25H2,1H3/q+2. The zero-order valence-electron chi connectivity index (χ0n) is 20.5. The Hall–Kier alpha value is -3.20. The molecular formula is C31H38N2O+2. The maximum absolute atomic E-state index is 5.95. The van der Waals surface area contributed by atoms with Crippen molar-refractivity contribution in [3.05, 3.63) is 91.5 Å². The highest BCUT2D eigenvalue weighted by molar-refractivity contribution is 5.83. The molecule has 3 nitrogen and oxygen atoms in total. The van der Waals surface area contributed by atoms with Gasteiger partial charge in [-0.15, -0.1) is 0 Å². The Bertz CT molecular complexity index is 1140. The highest BCUT2D eigenvalue weighted by atomic mass is 16.5. The van der Waals surface area contributed by atoms with E-state index in [9.17, 15) is 0 Å². The van der Waals surface area contributed by atoms with Gasteiger partial charge in [0.25, 0.3) is 0 Å². The van der Waals surface area contributed by atoms with E-state index in [0.29, 0.717) is 0 Å². The van der Waals surface area contributed by atoms with Crippen molar-refractivity contribution in [2.45, 2.75) is 57.9 Å². The fourth-order valence-electron chi connectivity index (χ4n) is 4.40. The van der Waals surface area contributed by atoms with E-state index in [1.54, 1.807) is 0 Å². The van der Waals surface area contributed by atoms with Gasteiger partial charge in [-0.1, -0.05) is 62.4 Å². The first-order valence-corrected chi connectivity index (χ1v) is 12.8. The number of benzene rings is 2. The van der Waals surface area contributed by atoms with Gasteiger partial charge in [-0.25, -0.2) is 9.13 Å². The van der Waals surface area contributed by atoms with Crippen molar-refractivity contribution in [1.29, 1.82) is 0 Å². The summed E-state index contributed by atoms with van der Waals surface area (Å²) in [4.78, 5) is 0. The van der Waals surface area contributed by atoms with Crippen LogP contribution >= 0.6 is 0 Å². The van der Waals surface area contributed by atoms with E-state index < -0.39 is 0 Å². The molecule has 0 saturated heterocycles. The molecule has 0 unspecified atom stereocenters. The van der Waals surface area contributed by atoms with Gasteiger partial charge in [-0.2, -0.15) is 0 Å². The van der Waals surface area contributed by atoms with Crippen molar-refractivity contribution in [3.8, 4) is 16.9 Å². The van der Waals surface area contributed by atoms with Crippen molar-refractivity contribution < 1.29 is 13.9 Å². The summed E-state index contributed by atoms with van der Waals surface area (Å²) in [5.41, 5.74) is 2.55. The minimum absolute atomic E-state index is 0.817. The van der Waals surface area contributed by atoms with Crippen LogP contribution in [0.1, 0.15) is 51.4 Å². The SMILES string of the molecule is C[n+]1ccc(-c2cc[n+](CCCCCCCCCCOc3ccc4ccccc4c3)cc2)cc1. The number of nitrogens with zero attached hydrogens (tertiary/aromatic N) is 2. The van der Waals surface area contributed by atoms with E-state index in [1.807, 2.05) is 7.05 Å². The lowest BCUT2D eigenvalue weighted by Crippen LogP contribution is -2.32. The van der Waals surface area contributed by atoms with Gasteiger partial charge in [-0.3, -0.25) is 0 Å². The zero-order valence-corrected chi connectivity index (χ0v) is 20.5. The van der Waals surface area contributed by atoms with Crippen LogP contribution in [0.4, 0.5) is 0 Å². The number of rotatable bonds is 13. The highest BCUT2D eigenvalue weighted by Crippen LogP contribution is 2.21. The summed E-state index contributed by atoms with van der Waals surface area (Å²) in [5, 5.41) is 2.51. The molecule has 0 aliphatic rings. The fraction of sp³-hybridized carbons (Fsp3) is 0.355. The first kappa shape index (κ1) is 23.9. The quantitative estimate of drug-likeness (QED) is 0.160. The third kappa shape index (κ3) is 7.41. The van der Waals surface area contributed by atoms with Crippen molar-refractivity contribution in [1.82, 2.24) is 0 Å². The predicted molar refractivity (Wildman–Crippen MR) is 140 cm³/mol. The average molecular weight is 455 g/mol. The van der Waals surface area contributed by atoms with E-state index in [0.717, 1.165) is 25.3 Å². The van der Waals surface area contributed by atoms with Crippen LogP contribution in [-0.2, 0) is 13.6 Å². The Labute approximate surface area is 204 Å². The molecule has 0 fully saturated rings. The Morgan fingerprint density at radius 3 is 1.88 bits per heavy atom. The molecule has 0 radical (unpaired) electrons. The van der Waals surface area contributed by atoms with Gasteiger partial charge < -0.3 is 4.74 Å². The number of fused-ring (bicyclic) bond motifs is 1. The average Bonchev–Trinajstić information content (AvgIpc) is 2.88.